The number of sulfonamides is 1. The molecule has 2 N–H and O–H groups in total. The molecule has 2 aromatic carbocycles. The van der Waals surface area contributed by atoms with E-state index in [9.17, 15) is 22.4 Å². The molecule has 2 aromatic rings. The topological polar surface area (TPSA) is 102 Å². The zero-order valence-corrected chi connectivity index (χ0v) is 15.9. The largest absolute Gasteiger partial charge is 0.455 e. The van der Waals surface area contributed by atoms with Gasteiger partial charge in [-0.1, -0.05) is 18.2 Å². The van der Waals surface area contributed by atoms with Crippen molar-refractivity contribution in [2.75, 3.05) is 24.7 Å². The van der Waals surface area contributed by atoms with E-state index in [-0.39, 0.29) is 4.90 Å². The molecule has 0 spiro atoms. The van der Waals surface area contributed by atoms with Crippen LogP contribution in [0.2, 0.25) is 0 Å². The van der Waals surface area contributed by atoms with Crippen LogP contribution in [0.3, 0.4) is 0 Å². The van der Waals surface area contributed by atoms with Crippen molar-refractivity contribution in [1.82, 2.24) is 4.72 Å². The normalized spacial score (nSPS) is 11.0. The quantitative estimate of drug-likeness (QED) is 0.508. The number of anilines is 1. The molecule has 0 saturated carbocycles. The van der Waals surface area contributed by atoms with Crippen molar-refractivity contribution in [2.24, 2.45) is 0 Å². The molecule has 0 bridgehead atoms. The van der Waals surface area contributed by atoms with Gasteiger partial charge in [0.1, 0.15) is 12.4 Å². The number of hydrogen-bond acceptors (Lipinski definition) is 6. The van der Waals surface area contributed by atoms with Gasteiger partial charge in [-0.15, -0.1) is 11.8 Å². The van der Waals surface area contributed by atoms with Crippen LogP contribution in [0.1, 0.15) is 0 Å². The van der Waals surface area contributed by atoms with Crippen LogP contribution in [0.5, 0.6) is 0 Å². The van der Waals surface area contributed by atoms with Gasteiger partial charge in [0.05, 0.1) is 10.6 Å². The zero-order chi connectivity index (χ0) is 19.9. The molecule has 0 unspecified atom stereocenters. The average Bonchev–Trinajstić information content (AvgIpc) is 2.65. The van der Waals surface area contributed by atoms with Crippen LogP contribution >= 0.6 is 11.8 Å². The van der Waals surface area contributed by atoms with Crippen molar-refractivity contribution in [3.05, 3.63) is 54.3 Å². The lowest BCUT2D eigenvalue weighted by molar-refractivity contribution is -0.146. The third-order valence-electron chi connectivity index (χ3n) is 3.26. The van der Waals surface area contributed by atoms with Gasteiger partial charge in [0.25, 0.3) is 5.91 Å². The first-order valence-corrected chi connectivity index (χ1v) is 10.4. The summed E-state index contributed by atoms with van der Waals surface area (Å²) >= 11 is 1.45. The molecule has 0 aliphatic rings. The maximum Gasteiger partial charge on any atom is 0.321 e. The Bertz CT molecular complexity index is 934. The lowest BCUT2D eigenvalue weighted by Crippen LogP contribution is -2.32. The van der Waals surface area contributed by atoms with Gasteiger partial charge in [0.2, 0.25) is 10.0 Å². The van der Waals surface area contributed by atoms with Crippen LogP contribution in [0.4, 0.5) is 10.1 Å². The highest BCUT2D eigenvalue weighted by atomic mass is 32.2. The van der Waals surface area contributed by atoms with Crippen LogP contribution in [0.15, 0.2) is 58.3 Å². The zero-order valence-electron chi connectivity index (χ0n) is 14.3. The Morgan fingerprint density at radius 3 is 2.59 bits per heavy atom. The summed E-state index contributed by atoms with van der Waals surface area (Å²) in [5.41, 5.74) is 0.581. The maximum absolute atomic E-state index is 13.1. The van der Waals surface area contributed by atoms with E-state index in [4.69, 9.17) is 4.74 Å². The molecule has 0 saturated heterocycles. The summed E-state index contributed by atoms with van der Waals surface area (Å²) in [7, 11) is -4.07. The third-order valence-corrected chi connectivity index (χ3v) is 5.45. The Morgan fingerprint density at radius 1 is 1.15 bits per heavy atom. The summed E-state index contributed by atoms with van der Waals surface area (Å²) in [4.78, 5) is 24.1. The van der Waals surface area contributed by atoms with Gasteiger partial charge in [0.15, 0.2) is 6.61 Å². The summed E-state index contributed by atoms with van der Waals surface area (Å²) in [5.74, 6) is -2.22. The summed E-state index contributed by atoms with van der Waals surface area (Å²) < 4.78 is 43.8. The molecule has 1 amide bonds. The van der Waals surface area contributed by atoms with Crippen LogP contribution in [-0.4, -0.2) is 39.7 Å². The standard InChI is InChI=1S/C17H17FN2O5S2/c1-26-15-8-3-2-7-14(15)20-16(21)11-25-17(22)10-19-27(23,24)13-6-4-5-12(18)9-13/h2-9,19H,10-11H2,1H3,(H,20,21). The summed E-state index contributed by atoms with van der Waals surface area (Å²) in [6, 6.07) is 11.5. The number of hydrogen-bond donors (Lipinski definition) is 2. The molecule has 0 aliphatic heterocycles. The van der Waals surface area contributed by atoms with E-state index in [2.05, 4.69) is 5.32 Å². The molecule has 0 radical (unpaired) electrons. The number of rotatable bonds is 8. The predicted octanol–water partition coefficient (Wildman–Crippen LogP) is 2.01. The number of ether oxygens (including phenoxy) is 1. The lowest BCUT2D eigenvalue weighted by atomic mass is 10.3. The van der Waals surface area contributed by atoms with E-state index in [0.717, 1.165) is 17.0 Å². The number of para-hydroxylation sites is 1. The Balaban J connectivity index is 1.83. The Kier molecular flexibility index (Phi) is 7.34. The second-order valence-electron chi connectivity index (χ2n) is 5.19. The molecule has 7 nitrogen and oxygen atoms in total. The molecule has 2 rings (SSSR count). The highest BCUT2D eigenvalue weighted by Crippen LogP contribution is 2.24. The molecule has 27 heavy (non-hydrogen) atoms. The SMILES string of the molecule is CSc1ccccc1NC(=O)COC(=O)CNS(=O)(=O)c1cccc(F)c1. The molecular weight excluding hydrogens is 395 g/mol. The number of halogens is 1. The number of benzene rings is 2. The predicted molar refractivity (Wildman–Crippen MR) is 99.4 cm³/mol. The monoisotopic (exact) mass is 412 g/mol. The Labute approximate surface area is 160 Å². The Hall–Kier alpha value is -2.43. The van der Waals surface area contributed by atoms with E-state index in [0.29, 0.717) is 5.69 Å². The summed E-state index contributed by atoms with van der Waals surface area (Å²) in [5, 5.41) is 2.60. The van der Waals surface area contributed by atoms with Crippen molar-refractivity contribution >= 4 is 39.3 Å². The number of carbonyl (C=O) groups excluding carboxylic acids is 2. The van der Waals surface area contributed by atoms with Crippen LogP contribution in [0, 0.1) is 5.82 Å². The molecule has 0 aliphatic carbocycles. The smallest absolute Gasteiger partial charge is 0.321 e. The molecule has 0 fully saturated rings. The molecule has 0 heterocycles. The fraction of sp³-hybridized carbons (Fsp3) is 0.176. The van der Waals surface area contributed by atoms with Crippen LogP contribution < -0.4 is 10.0 Å². The van der Waals surface area contributed by atoms with Crippen LogP contribution in [0.25, 0.3) is 0 Å². The van der Waals surface area contributed by atoms with Gasteiger partial charge in [-0.2, -0.15) is 4.72 Å². The van der Waals surface area contributed by atoms with Gasteiger partial charge >= 0.3 is 5.97 Å². The van der Waals surface area contributed by atoms with Crippen molar-refractivity contribution in [2.45, 2.75) is 9.79 Å². The highest BCUT2D eigenvalue weighted by Gasteiger charge is 2.17. The number of thioether (sulfide) groups is 1. The molecule has 0 atom stereocenters. The fourth-order valence-corrected chi connectivity index (χ4v) is 3.56. The van der Waals surface area contributed by atoms with E-state index in [1.165, 1.54) is 23.9 Å². The first-order valence-electron chi connectivity index (χ1n) is 7.65. The van der Waals surface area contributed by atoms with E-state index < -0.39 is 40.9 Å². The van der Waals surface area contributed by atoms with Gasteiger partial charge in [-0.25, -0.2) is 12.8 Å². The molecular formula is C17H17FN2O5S2. The van der Waals surface area contributed by atoms with E-state index in [1.54, 1.807) is 12.1 Å². The van der Waals surface area contributed by atoms with Gasteiger partial charge < -0.3 is 10.1 Å². The van der Waals surface area contributed by atoms with Crippen molar-refractivity contribution in [3.8, 4) is 0 Å². The second-order valence-corrected chi connectivity index (χ2v) is 7.81. The first-order chi connectivity index (χ1) is 12.8. The molecule has 144 valence electrons. The van der Waals surface area contributed by atoms with E-state index in [1.807, 2.05) is 23.1 Å². The second kappa shape index (κ2) is 9.49. The first kappa shape index (κ1) is 20.9. The fourth-order valence-electron chi connectivity index (χ4n) is 2.00. The minimum absolute atomic E-state index is 0.318. The Morgan fingerprint density at radius 2 is 1.89 bits per heavy atom. The maximum atomic E-state index is 13.1. The number of carbonyl (C=O) groups is 2. The molecule has 0 aromatic heterocycles. The summed E-state index contributed by atoms with van der Waals surface area (Å²) in [6.07, 6.45) is 1.86. The van der Waals surface area contributed by atoms with Gasteiger partial charge in [-0.05, 0) is 36.6 Å². The minimum Gasteiger partial charge on any atom is -0.455 e. The van der Waals surface area contributed by atoms with Crippen molar-refractivity contribution in [3.63, 3.8) is 0 Å². The van der Waals surface area contributed by atoms with Gasteiger partial charge in [-0.3, -0.25) is 9.59 Å². The van der Waals surface area contributed by atoms with Crippen molar-refractivity contribution < 1.29 is 27.1 Å². The minimum atomic E-state index is -4.07. The summed E-state index contributed by atoms with van der Waals surface area (Å²) in [6.45, 7) is -1.25. The van der Waals surface area contributed by atoms with Crippen molar-refractivity contribution in [1.29, 1.82) is 0 Å². The lowest BCUT2D eigenvalue weighted by Gasteiger charge is -2.10. The highest BCUT2D eigenvalue weighted by molar-refractivity contribution is 7.98. The molecule has 10 heteroatoms. The van der Waals surface area contributed by atoms with E-state index >= 15 is 0 Å². The third kappa shape index (κ3) is 6.35. The van der Waals surface area contributed by atoms with Crippen LogP contribution in [-0.2, 0) is 24.3 Å². The number of amides is 1. The average molecular weight is 412 g/mol. The number of esters is 1. The number of nitrogens with one attached hydrogen (secondary N) is 2. The van der Waals surface area contributed by atoms with Gasteiger partial charge in [0, 0.05) is 4.90 Å².